The fraction of sp³-hybridized carbons (Fsp3) is 0.400. The second-order valence-corrected chi connectivity index (χ2v) is 5.52. The first kappa shape index (κ1) is 13.6. The van der Waals surface area contributed by atoms with Crippen molar-refractivity contribution >= 4 is 0 Å². The van der Waals surface area contributed by atoms with Crippen molar-refractivity contribution in [2.75, 3.05) is 7.11 Å². The van der Waals surface area contributed by atoms with E-state index >= 15 is 0 Å². The number of nitrogens with zero attached hydrogens (tertiary/aromatic N) is 1. The Morgan fingerprint density at radius 2 is 2.05 bits per heavy atom. The molecule has 0 atom stereocenters. The van der Waals surface area contributed by atoms with Gasteiger partial charge < -0.3 is 14.6 Å². The van der Waals surface area contributed by atoms with E-state index in [4.69, 9.17) is 9.26 Å². The number of hydrogen-bond donors (Lipinski definition) is 1. The van der Waals surface area contributed by atoms with Crippen LogP contribution in [-0.4, -0.2) is 17.8 Å². The molecular weight excluding hydrogens is 240 g/mol. The average Bonchev–Trinajstić information content (AvgIpc) is 2.84. The smallest absolute Gasteiger partial charge is 0.167 e. The zero-order valence-corrected chi connectivity index (χ0v) is 11.9. The fourth-order valence-electron chi connectivity index (χ4n) is 1.66. The van der Waals surface area contributed by atoms with Gasteiger partial charge in [-0.2, -0.15) is 0 Å². The molecule has 0 aliphatic carbocycles. The van der Waals surface area contributed by atoms with Crippen LogP contribution in [0, 0.1) is 0 Å². The summed E-state index contributed by atoms with van der Waals surface area (Å²) in [6.45, 7) is 7.05. The van der Waals surface area contributed by atoms with Gasteiger partial charge >= 0.3 is 0 Å². The Morgan fingerprint density at radius 3 is 2.74 bits per heavy atom. The van der Waals surface area contributed by atoms with E-state index in [1.165, 1.54) is 0 Å². The molecule has 0 saturated carbocycles. The number of benzene rings is 1. The Balaban J connectivity index is 2.12. The molecule has 1 aromatic carbocycles. The lowest BCUT2D eigenvalue weighted by Crippen LogP contribution is -2.35. The van der Waals surface area contributed by atoms with Gasteiger partial charge in [-0.05, 0) is 32.9 Å². The second-order valence-electron chi connectivity index (χ2n) is 5.52. The van der Waals surface area contributed by atoms with Crippen molar-refractivity contribution < 1.29 is 9.26 Å². The van der Waals surface area contributed by atoms with Gasteiger partial charge in [-0.1, -0.05) is 17.3 Å². The predicted octanol–water partition coefficient (Wildman–Crippen LogP) is 3.24. The van der Waals surface area contributed by atoms with E-state index < -0.39 is 0 Å². The van der Waals surface area contributed by atoms with Crippen molar-refractivity contribution in [1.82, 2.24) is 10.5 Å². The molecule has 0 amide bonds. The number of rotatable bonds is 4. The van der Waals surface area contributed by atoms with Crippen LogP contribution >= 0.6 is 0 Å². The van der Waals surface area contributed by atoms with Gasteiger partial charge in [-0.25, -0.2) is 0 Å². The predicted molar refractivity (Wildman–Crippen MR) is 75.1 cm³/mol. The molecule has 1 aromatic heterocycles. The molecule has 4 heteroatoms. The Morgan fingerprint density at radius 1 is 1.26 bits per heavy atom. The molecule has 1 heterocycles. The van der Waals surface area contributed by atoms with Gasteiger partial charge in [0.05, 0.1) is 12.8 Å². The summed E-state index contributed by atoms with van der Waals surface area (Å²) in [5.41, 5.74) is 1.93. The quantitative estimate of drug-likeness (QED) is 0.916. The highest BCUT2D eigenvalue weighted by Crippen LogP contribution is 2.24. The third-order valence-corrected chi connectivity index (χ3v) is 2.71. The number of methoxy groups -OCH3 is 1. The molecule has 2 rings (SSSR count). The van der Waals surface area contributed by atoms with Gasteiger partial charge in [0, 0.05) is 23.7 Å². The summed E-state index contributed by atoms with van der Waals surface area (Å²) in [5.74, 6) is 1.56. The van der Waals surface area contributed by atoms with Crippen LogP contribution in [0.5, 0.6) is 5.75 Å². The molecule has 1 N–H and O–H groups in total. The van der Waals surface area contributed by atoms with E-state index in [0.29, 0.717) is 6.54 Å². The van der Waals surface area contributed by atoms with Gasteiger partial charge in [-0.3, -0.25) is 0 Å². The highest BCUT2D eigenvalue weighted by molar-refractivity contribution is 5.59. The highest BCUT2D eigenvalue weighted by Gasteiger charge is 2.12. The Labute approximate surface area is 113 Å². The van der Waals surface area contributed by atoms with E-state index in [0.717, 1.165) is 22.8 Å². The lowest BCUT2D eigenvalue weighted by atomic mass is 10.1. The van der Waals surface area contributed by atoms with Crippen LogP contribution in [0.3, 0.4) is 0 Å². The van der Waals surface area contributed by atoms with Crippen molar-refractivity contribution in [2.24, 2.45) is 0 Å². The van der Waals surface area contributed by atoms with E-state index in [1.54, 1.807) is 7.11 Å². The molecule has 0 aliphatic heterocycles. The van der Waals surface area contributed by atoms with Gasteiger partial charge in [0.1, 0.15) is 5.75 Å². The molecule has 0 saturated heterocycles. The highest BCUT2D eigenvalue weighted by atomic mass is 16.5. The SMILES string of the molecule is COc1cccc(-c2cc(CNC(C)(C)C)no2)c1. The Kier molecular flexibility index (Phi) is 3.90. The molecular formula is C15H20N2O2. The lowest BCUT2D eigenvalue weighted by Gasteiger charge is -2.19. The standard InChI is InChI=1S/C15H20N2O2/c1-15(2,3)16-10-12-9-14(19-17-12)11-6-5-7-13(8-11)18-4/h5-9,16H,10H2,1-4H3. The van der Waals surface area contributed by atoms with Crippen LogP contribution < -0.4 is 10.1 Å². The second kappa shape index (κ2) is 5.45. The third kappa shape index (κ3) is 3.83. The minimum Gasteiger partial charge on any atom is -0.497 e. The maximum absolute atomic E-state index is 5.37. The van der Waals surface area contributed by atoms with Gasteiger partial charge in [-0.15, -0.1) is 0 Å². The van der Waals surface area contributed by atoms with Crippen LogP contribution in [0.1, 0.15) is 26.5 Å². The Hall–Kier alpha value is -1.81. The molecule has 0 unspecified atom stereocenters. The maximum atomic E-state index is 5.37. The van der Waals surface area contributed by atoms with Crippen LogP contribution in [0.15, 0.2) is 34.9 Å². The van der Waals surface area contributed by atoms with Crippen molar-refractivity contribution in [3.8, 4) is 17.1 Å². The van der Waals surface area contributed by atoms with Gasteiger partial charge in [0.2, 0.25) is 0 Å². The maximum Gasteiger partial charge on any atom is 0.167 e. The van der Waals surface area contributed by atoms with Crippen molar-refractivity contribution in [3.63, 3.8) is 0 Å². The molecule has 19 heavy (non-hydrogen) atoms. The van der Waals surface area contributed by atoms with E-state index in [9.17, 15) is 0 Å². The molecule has 0 bridgehead atoms. The first-order valence-corrected chi connectivity index (χ1v) is 6.33. The van der Waals surface area contributed by atoms with E-state index in [1.807, 2.05) is 30.3 Å². The Bertz CT molecular complexity index is 541. The first-order chi connectivity index (χ1) is 8.98. The lowest BCUT2D eigenvalue weighted by molar-refractivity contribution is 0.392. The number of nitrogens with one attached hydrogen (secondary N) is 1. The molecule has 0 spiro atoms. The van der Waals surface area contributed by atoms with Crippen molar-refractivity contribution in [1.29, 1.82) is 0 Å². The number of ether oxygens (including phenoxy) is 1. The molecule has 0 fully saturated rings. The zero-order valence-electron chi connectivity index (χ0n) is 11.9. The fourth-order valence-corrected chi connectivity index (χ4v) is 1.66. The number of hydrogen-bond acceptors (Lipinski definition) is 4. The van der Waals surface area contributed by atoms with Crippen molar-refractivity contribution in [3.05, 3.63) is 36.0 Å². The topological polar surface area (TPSA) is 47.3 Å². The summed E-state index contributed by atoms with van der Waals surface area (Å²) >= 11 is 0. The average molecular weight is 260 g/mol. The summed E-state index contributed by atoms with van der Waals surface area (Å²) in [5, 5.41) is 7.45. The molecule has 0 radical (unpaired) electrons. The largest absolute Gasteiger partial charge is 0.497 e. The molecule has 2 aromatic rings. The molecule has 102 valence electrons. The first-order valence-electron chi connectivity index (χ1n) is 6.33. The van der Waals surface area contributed by atoms with Crippen LogP contribution in [-0.2, 0) is 6.54 Å². The summed E-state index contributed by atoms with van der Waals surface area (Å²) in [7, 11) is 1.65. The summed E-state index contributed by atoms with van der Waals surface area (Å²) in [4.78, 5) is 0. The van der Waals surface area contributed by atoms with Crippen molar-refractivity contribution in [2.45, 2.75) is 32.9 Å². The van der Waals surface area contributed by atoms with E-state index in [-0.39, 0.29) is 5.54 Å². The summed E-state index contributed by atoms with van der Waals surface area (Å²) in [6.07, 6.45) is 0. The molecule has 4 nitrogen and oxygen atoms in total. The summed E-state index contributed by atoms with van der Waals surface area (Å²) in [6, 6.07) is 9.70. The van der Waals surface area contributed by atoms with Crippen LogP contribution in [0.4, 0.5) is 0 Å². The van der Waals surface area contributed by atoms with Gasteiger partial charge in [0.15, 0.2) is 5.76 Å². The monoisotopic (exact) mass is 260 g/mol. The van der Waals surface area contributed by atoms with Crippen LogP contribution in [0.25, 0.3) is 11.3 Å². The molecule has 0 aliphatic rings. The third-order valence-electron chi connectivity index (χ3n) is 2.71. The van der Waals surface area contributed by atoms with Gasteiger partial charge in [0.25, 0.3) is 0 Å². The minimum atomic E-state index is 0.0646. The zero-order chi connectivity index (χ0) is 13.9. The van der Waals surface area contributed by atoms with E-state index in [2.05, 4.69) is 31.2 Å². The minimum absolute atomic E-state index is 0.0646. The number of aromatic nitrogens is 1. The normalized spacial score (nSPS) is 11.6. The van der Waals surface area contributed by atoms with Crippen LogP contribution in [0.2, 0.25) is 0 Å². The summed E-state index contributed by atoms with van der Waals surface area (Å²) < 4.78 is 10.6.